The van der Waals surface area contributed by atoms with Gasteiger partial charge >= 0.3 is 17.9 Å². The fourth-order valence-corrected chi connectivity index (χ4v) is 8.52. The van der Waals surface area contributed by atoms with Gasteiger partial charge in [-0.15, -0.1) is 0 Å². The first-order valence-corrected chi connectivity index (χ1v) is 33.3. The van der Waals surface area contributed by atoms with Crippen LogP contribution in [0.3, 0.4) is 0 Å². The van der Waals surface area contributed by atoms with Gasteiger partial charge in [-0.3, -0.25) is 14.4 Å². The molecule has 1 atom stereocenters. The van der Waals surface area contributed by atoms with Crippen molar-refractivity contribution in [1.29, 1.82) is 0 Å². The van der Waals surface area contributed by atoms with Crippen LogP contribution in [0.4, 0.5) is 0 Å². The van der Waals surface area contributed by atoms with Gasteiger partial charge in [0.05, 0.1) is 0 Å². The lowest BCUT2D eigenvalue weighted by Crippen LogP contribution is -2.30. The van der Waals surface area contributed by atoms with Gasteiger partial charge in [0.25, 0.3) is 0 Å². The maximum Gasteiger partial charge on any atom is 0.306 e. The van der Waals surface area contributed by atoms with E-state index in [0.717, 1.165) is 180 Å². The van der Waals surface area contributed by atoms with Crippen LogP contribution >= 0.6 is 0 Å². The molecular formula is C77H120O6. The summed E-state index contributed by atoms with van der Waals surface area (Å²) in [6.07, 6.45) is 103. The van der Waals surface area contributed by atoms with Crippen LogP contribution in [0.15, 0.2) is 182 Å². The molecule has 0 aromatic rings. The van der Waals surface area contributed by atoms with E-state index in [2.05, 4.69) is 203 Å². The van der Waals surface area contributed by atoms with Crippen LogP contribution in [0, 0.1) is 0 Å². The lowest BCUT2D eigenvalue weighted by atomic mass is 10.1. The highest BCUT2D eigenvalue weighted by atomic mass is 16.6. The molecular weight excluding hydrogens is 1020 g/mol. The molecule has 0 radical (unpaired) electrons. The van der Waals surface area contributed by atoms with Crippen LogP contribution in [0.1, 0.15) is 265 Å². The molecule has 0 heterocycles. The van der Waals surface area contributed by atoms with Gasteiger partial charge in [-0.2, -0.15) is 0 Å². The smallest absolute Gasteiger partial charge is 0.306 e. The molecule has 0 aliphatic carbocycles. The van der Waals surface area contributed by atoms with Gasteiger partial charge < -0.3 is 14.2 Å². The molecule has 0 N–H and O–H groups in total. The van der Waals surface area contributed by atoms with Crippen molar-refractivity contribution < 1.29 is 28.6 Å². The summed E-state index contributed by atoms with van der Waals surface area (Å²) in [4.78, 5) is 38.3. The van der Waals surface area contributed by atoms with Gasteiger partial charge in [0.1, 0.15) is 13.2 Å². The second kappa shape index (κ2) is 69.0. The minimum Gasteiger partial charge on any atom is -0.462 e. The second-order valence-corrected chi connectivity index (χ2v) is 21.2. The highest BCUT2D eigenvalue weighted by molar-refractivity contribution is 5.71. The average molecular weight is 1140 g/mol. The Morgan fingerprint density at radius 1 is 0.241 bits per heavy atom. The Hall–Kier alpha value is -5.49. The zero-order valence-electron chi connectivity index (χ0n) is 53.1. The topological polar surface area (TPSA) is 78.9 Å². The highest BCUT2D eigenvalue weighted by Crippen LogP contribution is 2.14. The number of esters is 3. The molecule has 83 heavy (non-hydrogen) atoms. The minimum absolute atomic E-state index is 0.106. The summed E-state index contributed by atoms with van der Waals surface area (Å²) in [5, 5.41) is 0. The number of allylic oxidation sites excluding steroid dienone is 30. The van der Waals surface area contributed by atoms with Crippen LogP contribution in [-0.2, 0) is 28.6 Å². The summed E-state index contributed by atoms with van der Waals surface area (Å²) < 4.78 is 16.9. The normalized spacial score (nSPS) is 13.3. The lowest BCUT2D eigenvalue weighted by molar-refractivity contribution is -0.167. The molecule has 0 rings (SSSR count). The Morgan fingerprint density at radius 3 is 0.687 bits per heavy atom. The number of hydrogen-bond acceptors (Lipinski definition) is 6. The summed E-state index contributed by atoms with van der Waals surface area (Å²) in [5.41, 5.74) is 0. The van der Waals surface area contributed by atoms with Gasteiger partial charge in [0, 0.05) is 19.3 Å². The molecule has 0 spiro atoms. The molecule has 1 unspecified atom stereocenters. The summed E-state index contributed by atoms with van der Waals surface area (Å²) >= 11 is 0. The predicted molar refractivity (Wildman–Crippen MR) is 361 cm³/mol. The van der Waals surface area contributed by atoms with Crippen LogP contribution in [0.25, 0.3) is 0 Å². The monoisotopic (exact) mass is 1140 g/mol. The van der Waals surface area contributed by atoms with Gasteiger partial charge in [-0.25, -0.2) is 0 Å². The first kappa shape index (κ1) is 77.5. The van der Waals surface area contributed by atoms with Crippen molar-refractivity contribution in [2.24, 2.45) is 0 Å². The van der Waals surface area contributed by atoms with Crippen LogP contribution in [-0.4, -0.2) is 37.2 Å². The summed E-state index contributed by atoms with van der Waals surface area (Å²) in [6, 6.07) is 0. The van der Waals surface area contributed by atoms with Crippen molar-refractivity contribution in [3.05, 3.63) is 182 Å². The SMILES string of the molecule is CC/C=C\C/C=C\C/C=C\C/C=C\C/C=C\C/C=C\C/C=C\C/C=C\CCCCCCCCCCC(=O)OCC(COC(=O)CCCCC/C=C\C/C=C\C/C=C\CC)OC(=O)CCCCCCCC/C=C\C/C=C\C/C=C\C/C=C\CC. The van der Waals surface area contributed by atoms with Gasteiger partial charge in [-0.1, -0.05) is 274 Å². The third kappa shape index (κ3) is 67.2. The number of carbonyl (C=O) groups excluding carboxylic acids is 3. The largest absolute Gasteiger partial charge is 0.462 e. The molecule has 0 amide bonds. The molecule has 6 nitrogen and oxygen atoms in total. The fourth-order valence-electron chi connectivity index (χ4n) is 8.52. The molecule has 0 saturated carbocycles. The standard InChI is InChI=1S/C77H120O6/c1-4-7-10-13-16-19-22-25-27-29-31-32-33-34-35-36-37-38-39-40-41-42-43-44-46-47-49-52-55-58-61-64-67-70-76(79)82-73-74(72-81-75(78)69-66-63-60-57-54-51-24-21-18-15-12-9-6-3)83-77(80)71-68-65-62-59-56-53-50-48-45-30-28-26-23-20-17-14-11-8-5-2/h7-12,16-21,25-28,31-32,34-35,37-38,40-41,43-45,48,51,54,74H,4-6,13-15,22-24,29-30,33,36,39,42,46-47,49-50,52-53,55-73H2,1-3H3/b10-7-,11-8-,12-9-,19-16-,20-17-,21-18-,27-25-,28-26-,32-31-,35-34-,38-37-,41-40-,44-43-,48-45-,54-51-. The van der Waals surface area contributed by atoms with E-state index in [4.69, 9.17) is 14.2 Å². The molecule has 464 valence electrons. The summed E-state index contributed by atoms with van der Waals surface area (Å²) in [6.45, 7) is 6.25. The first-order valence-electron chi connectivity index (χ1n) is 33.3. The van der Waals surface area contributed by atoms with E-state index in [1.165, 1.54) is 44.9 Å². The van der Waals surface area contributed by atoms with E-state index < -0.39 is 6.10 Å². The quantitative estimate of drug-likeness (QED) is 0.0261. The first-order chi connectivity index (χ1) is 41.0. The molecule has 0 aromatic carbocycles. The van der Waals surface area contributed by atoms with E-state index in [1.807, 2.05) is 0 Å². The fraction of sp³-hybridized carbons (Fsp3) is 0.571. The number of rotatable bonds is 58. The molecule has 6 heteroatoms. The Morgan fingerprint density at radius 2 is 0.434 bits per heavy atom. The van der Waals surface area contributed by atoms with Gasteiger partial charge in [0.15, 0.2) is 6.10 Å². The number of unbranched alkanes of at least 4 members (excludes halogenated alkanes) is 17. The van der Waals surface area contributed by atoms with E-state index in [9.17, 15) is 14.4 Å². The zero-order valence-corrected chi connectivity index (χ0v) is 53.1. The predicted octanol–water partition coefficient (Wildman–Crippen LogP) is 23.2. The minimum atomic E-state index is -0.812. The van der Waals surface area contributed by atoms with E-state index in [1.54, 1.807) is 0 Å². The number of carbonyl (C=O) groups is 3. The lowest BCUT2D eigenvalue weighted by Gasteiger charge is -2.18. The average Bonchev–Trinajstić information content (AvgIpc) is 3.49. The molecule has 0 bridgehead atoms. The maximum atomic E-state index is 12.9. The zero-order chi connectivity index (χ0) is 59.9. The Kier molecular flexibility index (Phi) is 64.4. The van der Waals surface area contributed by atoms with Crippen molar-refractivity contribution in [2.45, 2.75) is 271 Å². The third-order valence-electron chi connectivity index (χ3n) is 13.4. The van der Waals surface area contributed by atoms with Crippen molar-refractivity contribution in [3.63, 3.8) is 0 Å². The van der Waals surface area contributed by atoms with E-state index in [-0.39, 0.29) is 31.1 Å². The molecule has 0 aliphatic heterocycles. The maximum absolute atomic E-state index is 12.9. The number of hydrogen-bond donors (Lipinski definition) is 0. The summed E-state index contributed by atoms with van der Waals surface area (Å²) in [7, 11) is 0. The van der Waals surface area contributed by atoms with Crippen molar-refractivity contribution in [1.82, 2.24) is 0 Å². The Bertz CT molecular complexity index is 1940. The van der Waals surface area contributed by atoms with Crippen LogP contribution in [0.5, 0.6) is 0 Å². The molecule has 0 aromatic heterocycles. The number of ether oxygens (including phenoxy) is 3. The highest BCUT2D eigenvalue weighted by Gasteiger charge is 2.19. The van der Waals surface area contributed by atoms with Crippen LogP contribution < -0.4 is 0 Å². The van der Waals surface area contributed by atoms with E-state index >= 15 is 0 Å². The van der Waals surface area contributed by atoms with E-state index in [0.29, 0.717) is 19.3 Å². The van der Waals surface area contributed by atoms with Crippen molar-refractivity contribution in [3.8, 4) is 0 Å². The second-order valence-electron chi connectivity index (χ2n) is 21.2. The van der Waals surface area contributed by atoms with Crippen LogP contribution in [0.2, 0.25) is 0 Å². The Balaban J connectivity index is 4.36. The van der Waals surface area contributed by atoms with Gasteiger partial charge in [-0.05, 0) is 154 Å². The third-order valence-corrected chi connectivity index (χ3v) is 13.4. The Labute approximate surface area is 510 Å². The molecule has 0 aliphatic rings. The van der Waals surface area contributed by atoms with Crippen molar-refractivity contribution >= 4 is 17.9 Å². The molecule has 0 fully saturated rings. The van der Waals surface area contributed by atoms with Crippen molar-refractivity contribution in [2.75, 3.05) is 13.2 Å². The summed E-state index contributed by atoms with van der Waals surface area (Å²) in [5.74, 6) is -0.963. The van der Waals surface area contributed by atoms with Gasteiger partial charge in [0.2, 0.25) is 0 Å². The molecule has 0 saturated heterocycles.